The molecule has 1 aliphatic heterocycles. The molecule has 0 aliphatic carbocycles. The molecule has 0 radical (unpaired) electrons. The number of hydrogen-bond acceptors (Lipinski definition) is 7. The van der Waals surface area contributed by atoms with Gasteiger partial charge in [-0.05, 0) is 37.6 Å². The van der Waals surface area contributed by atoms with Gasteiger partial charge in [0.15, 0.2) is 5.71 Å². The quantitative estimate of drug-likeness (QED) is 0.0984. The summed E-state index contributed by atoms with van der Waals surface area (Å²) in [5.74, 6) is -0.688. The molecule has 2 aromatic rings. The van der Waals surface area contributed by atoms with Crippen molar-refractivity contribution in [3.8, 4) is 0 Å². The van der Waals surface area contributed by atoms with Gasteiger partial charge in [-0.1, -0.05) is 51.1 Å². The fourth-order valence-corrected chi connectivity index (χ4v) is 5.04. The van der Waals surface area contributed by atoms with Gasteiger partial charge in [0.25, 0.3) is 0 Å². The van der Waals surface area contributed by atoms with E-state index in [1.807, 2.05) is 17.9 Å². The SMILES string of the molecule is CO/N=C(/C(=O)OC)c1cccc(C)c1CO/N=C(\C)c1cc(C(F)(F)F)ccc1N1CC(P)(I)C1. The molecule has 3 rings (SSSR count). The van der Waals surface area contributed by atoms with Crippen molar-refractivity contribution in [2.75, 3.05) is 32.2 Å². The lowest BCUT2D eigenvalue weighted by molar-refractivity contribution is -0.137. The Labute approximate surface area is 223 Å². The monoisotopic (exact) mass is 635 g/mol. The Morgan fingerprint density at radius 3 is 2.44 bits per heavy atom. The van der Waals surface area contributed by atoms with Crippen molar-refractivity contribution in [2.45, 2.75) is 29.8 Å². The smallest absolute Gasteiger partial charge is 0.416 e. The van der Waals surface area contributed by atoms with E-state index < -0.39 is 17.7 Å². The summed E-state index contributed by atoms with van der Waals surface area (Å²) >= 11 is 2.31. The first-order valence-electron chi connectivity index (χ1n) is 10.8. The second-order valence-electron chi connectivity index (χ2n) is 8.29. The summed E-state index contributed by atoms with van der Waals surface area (Å²) in [6.07, 6.45) is -4.49. The molecular weight excluding hydrogens is 609 g/mol. The van der Waals surface area contributed by atoms with Gasteiger partial charge in [-0.25, -0.2) is 4.79 Å². The van der Waals surface area contributed by atoms with Crippen molar-refractivity contribution in [2.24, 2.45) is 10.3 Å². The molecule has 1 heterocycles. The molecule has 7 nitrogen and oxygen atoms in total. The van der Waals surface area contributed by atoms with E-state index >= 15 is 0 Å². The fourth-order valence-electron chi connectivity index (χ4n) is 3.78. The molecule has 0 aromatic heterocycles. The number of rotatable bonds is 8. The molecule has 1 saturated heterocycles. The van der Waals surface area contributed by atoms with Crippen molar-refractivity contribution >= 4 is 54.9 Å². The number of alkyl halides is 4. The molecule has 0 amide bonds. The van der Waals surface area contributed by atoms with Gasteiger partial charge in [-0.3, -0.25) is 0 Å². The van der Waals surface area contributed by atoms with E-state index in [0.717, 1.165) is 17.7 Å². The van der Waals surface area contributed by atoms with E-state index in [1.165, 1.54) is 20.3 Å². The van der Waals surface area contributed by atoms with E-state index in [9.17, 15) is 18.0 Å². The van der Waals surface area contributed by atoms with Crippen LogP contribution in [0.5, 0.6) is 0 Å². The second kappa shape index (κ2) is 11.3. The molecule has 36 heavy (non-hydrogen) atoms. The number of ether oxygens (including phenoxy) is 1. The standard InChI is InChI=1S/C24H26F3IN3O4P/c1-14-6-5-7-17(21(30-34-4)22(32)33-3)19(14)11-35-29-15(2)18-10-16(24(25,26)27)8-9-20(18)31-12-23(28,36)13-31/h5-10H,11-13,36H2,1-4H3/b29-15+,30-21+. The van der Waals surface area contributed by atoms with Gasteiger partial charge in [0.05, 0.1) is 21.5 Å². The molecule has 0 spiro atoms. The van der Waals surface area contributed by atoms with Crippen LogP contribution in [0.25, 0.3) is 0 Å². The number of esters is 1. The highest BCUT2D eigenvalue weighted by Crippen LogP contribution is 2.42. The van der Waals surface area contributed by atoms with Gasteiger partial charge in [-0.15, -0.1) is 9.24 Å². The van der Waals surface area contributed by atoms with Crippen LogP contribution in [0.3, 0.4) is 0 Å². The first-order valence-corrected chi connectivity index (χ1v) is 12.4. The first kappa shape index (κ1) is 28.2. The minimum atomic E-state index is -4.49. The average Bonchev–Trinajstić information content (AvgIpc) is 2.80. The predicted octanol–water partition coefficient (Wildman–Crippen LogP) is 5.30. The van der Waals surface area contributed by atoms with Gasteiger partial charge in [0, 0.05) is 35.5 Å². The maximum absolute atomic E-state index is 13.4. The van der Waals surface area contributed by atoms with Crippen LogP contribution in [-0.4, -0.2) is 47.9 Å². The normalized spacial score (nSPS) is 15.9. The first-order chi connectivity index (χ1) is 16.9. The van der Waals surface area contributed by atoms with Gasteiger partial charge >= 0.3 is 12.1 Å². The maximum atomic E-state index is 13.4. The predicted molar refractivity (Wildman–Crippen MR) is 144 cm³/mol. The highest BCUT2D eigenvalue weighted by atomic mass is 127. The Hall–Kier alpha value is -2.40. The Balaban J connectivity index is 1.92. The number of hydrogen-bond donors (Lipinski definition) is 0. The van der Waals surface area contributed by atoms with Crippen LogP contribution >= 0.6 is 31.8 Å². The largest absolute Gasteiger partial charge is 0.464 e. The number of anilines is 1. The van der Waals surface area contributed by atoms with Crippen LogP contribution in [0.4, 0.5) is 18.9 Å². The maximum Gasteiger partial charge on any atom is 0.416 e. The number of carbonyl (C=O) groups is 1. The molecule has 2 aromatic carbocycles. The third-order valence-corrected chi connectivity index (χ3v) is 6.65. The van der Waals surface area contributed by atoms with Crippen molar-refractivity contribution in [1.82, 2.24) is 0 Å². The summed E-state index contributed by atoms with van der Waals surface area (Å²) in [6.45, 7) is 4.72. The van der Waals surface area contributed by atoms with Crippen molar-refractivity contribution in [3.05, 3.63) is 64.2 Å². The Morgan fingerprint density at radius 1 is 1.17 bits per heavy atom. The lowest BCUT2D eigenvalue weighted by Gasteiger charge is -2.46. The number of carbonyl (C=O) groups excluding carboxylic acids is 1. The zero-order valence-corrected chi connectivity index (χ0v) is 23.5. The molecule has 1 unspecified atom stereocenters. The van der Waals surface area contributed by atoms with Crippen LogP contribution in [0, 0.1) is 6.92 Å². The minimum absolute atomic E-state index is 0.0262. The van der Waals surface area contributed by atoms with Gasteiger partial charge in [0.2, 0.25) is 0 Å². The zero-order chi connectivity index (χ0) is 26.7. The fraction of sp³-hybridized carbons (Fsp3) is 0.375. The van der Waals surface area contributed by atoms with Crippen molar-refractivity contribution in [1.29, 1.82) is 0 Å². The topological polar surface area (TPSA) is 72.7 Å². The lowest BCUT2D eigenvalue weighted by Crippen LogP contribution is -2.54. The van der Waals surface area contributed by atoms with Crippen LogP contribution in [0.2, 0.25) is 0 Å². The number of aryl methyl sites for hydroxylation is 1. The van der Waals surface area contributed by atoms with E-state index in [4.69, 9.17) is 14.4 Å². The molecule has 12 heteroatoms. The van der Waals surface area contributed by atoms with Gasteiger partial charge in [-0.2, -0.15) is 13.2 Å². The van der Waals surface area contributed by atoms with E-state index in [0.29, 0.717) is 41.2 Å². The molecule has 0 saturated carbocycles. The third-order valence-electron chi connectivity index (χ3n) is 5.60. The van der Waals surface area contributed by atoms with Crippen LogP contribution < -0.4 is 4.90 Å². The number of halogens is 4. The highest BCUT2D eigenvalue weighted by Gasteiger charge is 2.38. The molecule has 1 fully saturated rings. The van der Waals surface area contributed by atoms with Gasteiger partial charge < -0.3 is 19.3 Å². The summed E-state index contributed by atoms with van der Waals surface area (Å²) in [7, 11) is 5.30. The molecular formula is C24H26F3IN3O4P. The number of benzene rings is 2. The summed E-state index contributed by atoms with van der Waals surface area (Å²) in [4.78, 5) is 24.6. The third kappa shape index (κ3) is 6.47. The second-order valence-corrected chi connectivity index (χ2v) is 12.7. The Kier molecular flexibility index (Phi) is 8.87. The minimum Gasteiger partial charge on any atom is -0.464 e. The molecule has 194 valence electrons. The average molecular weight is 635 g/mol. The van der Waals surface area contributed by atoms with Crippen LogP contribution in [-0.2, 0) is 32.0 Å². The van der Waals surface area contributed by atoms with Gasteiger partial charge in [0.1, 0.15) is 13.7 Å². The zero-order valence-electron chi connectivity index (χ0n) is 20.1. The van der Waals surface area contributed by atoms with E-state index in [-0.39, 0.29) is 15.5 Å². The van der Waals surface area contributed by atoms with Crippen molar-refractivity contribution in [3.63, 3.8) is 0 Å². The number of nitrogens with zero attached hydrogens (tertiary/aromatic N) is 3. The van der Waals surface area contributed by atoms with Crippen LogP contribution in [0.15, 0.2) is 46.7 Å². The van der Waals surface area contributed by atoms with Crippen molar-refractivity contribution < 1.29 is 32.4 Å². The Bertz CT molecular complexity index is 1190. The summed E-state index contributed by atoms with van der Waals surface area (Å²) in [6, 6.07) is 8.88. The van der Waals surface area contributed by atoms with E-state index in [1.54, 1.807) is 19.1 Å². The molecule has 1 aliphatic rings. The molecule has 1 atom stereocenters. The Morgan fingerprint density at radius 2 is 1.86 bits per heavy atom. The highest BCUT2D eigenvalue weighted by molar-refractivity contribution is 14.1. The molecule has 0 N–H and O–H groups in total. The number of oxime groups is 2. The summed E-state index contributed by atoms with van der Waals surface area (Å²) in [5, 5.41) is 7.92. The number of methoxy groups -OCH3 is 1. The van der Waals surface area contributed by atoms with E-state index in [2.05, 4.69) is 42.1 Å². The summed E-state index contributed by atoms with van der Waals surface area (Å²) in [5.41, 5.74) is 2.33. The lowest BCUT2D eigenvalue weighted by atomic mass is 9.99. The molecule has 0 bridgehead atoms. The van der Waals surface area contributed by atoms with Crippen LogP contribution in [0.1, 0.15) is 34.7 Å². The summed E-state index contributed by atoms with van der Waals surface area (Å²) < 4.78 is 45.1.